The van der Waals surface area contributed by atoms with Gasteiger partial charge in [-0.2, -0.15) is 5.26 Å². The highest BCUT2D eigenvalue weighted by Crippen LogP contribution is 2.17. The number of thioether (sulfide) groups is 1. The van der Waals surface area contributed by atoms with Crippen molar-refractivity contribution in [2.75, 3.05) is 6.26 Å². The maximum absolute atomic E-state index is 8.69. The Morgan fingerprint density at radius 3 is 3.14 bits per heavy atom. The molecule has 0 aliphatic rings. The van der Waals surface area contributed by atoms with E-state index in [0.717, 1.165) is 6.34 Å². The number of nitrogens with zero attached hydrogens (tertiary/aromatic N) is 4. The third-order valence-corrected chi connectivity index (χ3v) is 1.86. The first-order valence-corrected chi connectivity index (χ1v) is 4.77. The van der Waals surface area contributed by atoms with E-state index in [9.17, 15) is 0 Å². The van der Waals surface area contributed by atoms with Crippen LogP contribution in [0.15, 0.2) is 16.3 Å². The zero-order chi connectivity index (χ0) is 10.4. The molecule has 0 saturated heterocycles. The molecule has 0 radical (unpaired) electrons. The first-order chi connectivity index (χ1) is 6.81. The van der Waals surface area contributed by atoms with Crippen LogP contribution in [0, 0.1) is 11.3 Å². The van der Waals surface area contributed by atoms with E-state index in [-0.39, 0.29) is 11.4 Å². The van der Waals surface area contributed by atoms with E-state index in [4.69, 9.17) is 10.5 Å². The van der Waals surface area contributed by atoms with Crippen molar-refractivity contribution in [3.8, 4) is 6.07 Å². The summed E-state index contributed by atoms with van der Waals surface area (Å²) in [5.41, 5.74) is 2.00. The van der Waals surface area contributed by atoms with Gasteiger partial charge in [0.25, 0.3) is 0 Å². The molecule has 0 unspecified atom stereocenters. The summed E-state index contributed by atoms with van der Waals surface area (Å²) in [6, 6.07) is 1.90. The first-order valence-electron chi connectivity index (χ1n) is 3.55. The molecular weight excluding hydrogens is 202 g/mol. The average Bonchev–Trinajstić information content (AvgIpc) is 2.25. The van der Waals surface area contributed by atoms with Crippen molar-refractivity contribution < 1.29 is 5.21 Å². The Hall–Kier alpha value is -1.65. The lowest BCUT2D eigenvalue weighted by Gasteiger charge is -1.98. The minimum absolute atomic E-state index is 0.230. The predicted molar refractivity (Wildman–Crippen MR) is 51.6 cm³/mol. The normalized spacial score (nSPS) is 10.1. The highest BCUT2D eigenvalue weighted by molar-refractivity contribution is 7.98. The van der Waals surface area contributed by atoms with Crippen LogP contribution in [0.3, 0.4) is 0 Å². The predicted octanol–water partition coefficient (Wildman–Crippen LogP) is 0.709. The maximum Gasteiger partial charge on any atom is 0.189 e. The molecule has 0 fully saturated rings. The van der Waals surface area contributed by atoms with E-state index in [1.807, 2.05) is 12.3 Å². The number of rotatable bonds is 3. The number of hydroxylamine groups is 1. The monoisotopic (exact) mass is 209 g/mol. The number of hydrogen-bond donors (Lipinski definition) is 2. The molecule has 1 heterocycles. The van der Waals surface area contributed by atoms with Crippen molar-refractivity contribution in [2.45, 2.75) is 5.16 Å². The molecule has 6 nitrogen and oxygen atoms in total. The van der Waals surface area contributed by atoms with Gasteiger partial charge in [0.1, 0.15) is 18.0 Å². The summed E-state index contributed by atoms with van der Waals surface area (Å²) in [4.78, 5) is 11.6. The van der Waals surface area contributed by atoms with E-state index >= 15 is 0 Å². The summed E-state index contributed by atoms with van der Waals surface area (Å²) in [6.07, 6.45) is 4.25. The van der Waals surface area contributed by atoms with Crippen LogP contribution in [-0.2, 0) is 0 Å². The zero-order valence-electron chi connectivity index (χ0n) is 7.30. The molecule has 1 aromatic rings. The van der Waals surface area contributed by atoms with Gasteiger partial charge in [-0.15, -0.1) is 0 Å². The summed E-state index contributed by atoms with van der Waals surface area (Å²) >= 11 is 1.35. The summed E-state index contributed by atoms with van der Waals surface area (Å²) in [6.45, 7) is 0. The lowest BCUT2D eigenvalue weighted by atomic mass is 10.3. The second kappa shape index (κ2) is 5.16. The Labute approximate surface area is 84.7 Å². The van der Waals surface area contributed by atoms with E-state index in [1.165, 1.54) is 18.0 Å². The van der Waals surface area contributed by atoms with Crippen molar-refractivity contribution >= 4 is 23.9 Å². The van der Waals surface area contributed by atoms with Gasteiger partial charge in [0.2, 0.25) is 0 Å². The van der Waals surface area contributed by atoms with Gasteiger partial charge in [0.15, 0.2) is 11.0 Å². The third kappa shape index (κ3) is 2.42. The van der Waals surface area contributed by atoms with Gasteiger partial charge in [-0.25, -0.2) is 15.0 Å². The summed E-state index contributed by atoms with van der Waals surface area (Å²) in [5.74, 6) is 0.230. The lowest BCUT2D eigenvalue weighted by Crippen LogP contribution is -2.01. The van der Waals surface area contributed by atoms with Crippen LogP contribution in [0.25, 0.3) is 0 Å². The minimum Gasteiger partial charge on any atom is -0.290 e. The highest BCUT2D eigenvalue weighted by Gasteiger charge is 2.03. The van der Waals surface area contributed by atoms with Gasteiger partial charge in [-0.05, 0) is 6.26 Å². The van der Waals surface area contributed by atoms with Crippen LogP contribution < -0.4 is 5.48 Å². The van der Waals surface area contributed by atoms with Crippen LogP contribution in [0.4, 0.5) is 5.82 Å². The van der Waals surface area contributed by atoms with Gasteiger partial charge in [-0.1, -0.05) is 11.8 Å². The maximum atomic E-state index is 8.69. The number of nitriles is 1. The molecule has 0 aromatic carbocycles. The molecule has 7 heteroatoms. The van der Waals surface area contributed by atoms with Crippen LogP contribution in [0.5, 0.6) is 0 Å². The summed E-state index contributed by atoms with van der Waals surface area (Å²) in [5, 5.41) is 17.5. The number of hydrogen-bond acceptors (Lipinski definition) is 6. The van der Waals surface area contributed by atoms with E-state index in [2.05, 4.69) is 15.0 Å². The fourth-order valence-electron chi connectivity index (χ4n) is 0.723. The fourth-order valence-corrected chi connectivity index (χ4v) is 1.06. The van der Waals surface area contributed by atoms with Crippen molar-refractivity contribution in [2.24, 2.45) is 4.99 Å². The van der Waals surface area contributed by atoms with Gasteiger partial charge in [0.05, 0.1) is 6.20 Å². The number of aromatic nitrogens is 2. The third-order valence-electron chi connectivity index (χ3n) is 1.29. The van der Waals surface area contributed by atoms with Crippen LogP contribution in [0.2, 0.25) is 0 Å². The largest absolute Gasteiger partial charge is 0.290 e. The number of aliphatic imine (C=N–C) groups is 1. The van der Waals surface area contributed by atoms with Crippen LogP contribution in [-0.4, -0.2) is 27.8 Å². The second-order valence-electron chi connectivity index (χ2n) is 2.09. The molecule has 0 bridgehead atoms. The molecule has 2 N–H and O–H groups in total. The first kappa shape index (κ1) is 10.4. The zero-order valence-corrected chi connectivity index (χ0v) is 8.12. The van der Waals surface area contributed by atoms with Gasteiger partial charge in [0, 0.05) is 0 Å². The molecule has 0 saturated carbocycles. The van der Waals surface area contributed by atoms with Gasteiger partial charge < -0.3 is 0 Å². The molecule has 0 aliphatic heterocycles. The van der Waals surface area contributed by atoms with Crippen molar-refractivity contribution in [1.82, 2.24) is 15.4 Å². The molecule has 14 heavy (non-hydrogen) atoms. The Bertz CT molecular complexity index is 386. The Kier molecular flexibility index (Phi) is 3.84. The molecule has 1 rings (SSSR count). The topological polar surface area (TPSA) is 94.2 Å². The Morgan fingerprint density at radius 1 is 1.79 bits per heavy atom. The minimum atomic E-state index is 0.230. The van der Waals surface area contributed by atoms with Gasteiger partial charge >= 0.3 is 0 Å². The van der Waals surface area contributed by atoms with E-state index in [0.29, 0.717) is 5.16 Å². The fraction of sp³-hybridized carbons (Fsp3) is 0.143. The van der Waals surface area contributed by atoms with Crippen LogP contribution >= 0.6 is 11.8 Å². The second-order valence-corrected chi connectivity index (χ2v) is 2.87. The van der Waals surface area contributed by atoms with Crippen LogP contribution in [0.1, 0.15) is 5.56 Å². The molecule has 72 valence electrons. The molecule has 1 aromatic heterocycles. The van der Waals surface area contributed by atoms with E-state index in [1.54, 1.807) is 5.48 Å². The summed E-state index contributed by atoms with van der Waals surface area (Å²) < 4.78 is 0. The highest BCUT2D eigenvalue weighted by atomic mass is 32.2. The lowest BCUT2D eigenvalue weighted by molar-refractivity contribution is 0.240. The molecular formula is C7H7N5OS. The van der Waals surface area contributed by atoms with E-state index < -0.39 is 0 Å². The number of nitrogens with one attached hydrogen (secondary N) is 1. The molecule has 0 spiro atoms. The smallest absolute Gasteiger partial charge is 0.189 e. The summed E-state index contributed by atoms with van der Waals surface area (Å²) in [7, 11) is 0. The Balaban J connectivity index is 3.10. The van der Waals surface area contributed by atoms with Crippen molar-refractivity contribution in [3.05, 3.63) is 11.8 Å². The Morgan fingerprint density at radius 2 is 2.57 bits per heavy atom. The molecule has 0 aliphatic carbocycles. The average molecular weight is 209 g/mol. The van der Waals surface area contributed by atoms with Crippen molar-refractivity contribution in [1.29, 1.82) is 5.26 Å². The molecule has 0 atom stereocenters. The SMILES string of the molecule is CSc1ncc(C#N)c(N=CNO)n1. The van der Waals surface area contributed by atoms with Crippen molar-refractivity contribution in [3.63, 3.8) is 0 Å². The standard InChI is InChI=1S/C7H7N5OS/c1-14-7-9-3-5(2-8)6(12-7)10-4-11-13/h3-4,13H,1H3,(H,9,10,11,12). The molecule has 0 amide bonds. The van der Waals surface area contributed by atoms with Gasteiger partial charge in [-0.3, -0.25) is 10.7 Å². The quantitative estimate of drug-likeness (QED) is 0.250.